The first-order valence-electron chi connectivity index (χ1n) is 6.87. The Kier molecular flexibility index (Phi) is 7.50. The first-order chi connectivity index (χ1) is 10.9. The van der Waals surface area contributed by atoms with Gasteiger partial charge in [0.1, 0.15) is 5.82 Å². The van der Waals surface area contributed by atoms with Gasteiger partial charge in [-0.1, -0.05) is 18.7 Å². The zero-order chi connectivity index (χ0) is 17.4. The summed E-state index contributed by atoms with van der Waals surface area (Å²) >= 11 is 0. The van der Waals surface area contributed by atoms with Crippen molar-refractivity contribution >= 4 is 5.91 Å². The summed E-state index contributed by atoms with van der Waals surface area (Å²) in [5.74, 6) is -4.14. The third-order valence-corrected chi connectivity index (χ3v) is 3.02. The minimum Gasteiger partial charge on any atom is -0.392 e. The lowest BCUT2D eigenvalue weighted by Crippen LogP contribution is -2.29. The van der Waals surface area contributed by atoms with Crippen molar-refractivity contribution < 1.29 is 27.9 Å². The van der Waals surface area contributed by atoms with E-state index in [9.17, 15) is 23.1 Å². The van der Waals surface area contributed by atoms with Crippen LogP contribution < -0.4 is 5.48 Å². The van der Waals surface area contributed by atoms with E-state index >= 15 is 0 Å². The second-order valence-electron chi connectivity index (χ2n) is 4.80. The van der Waals surface area contributed by atoms with Gasteiger partial charge in [-0.25, -0.2) is 18.7 Å². The molecular formula is C16H18F3NO3. The van der Waals surface area contributed by atoms with E-state index in [1.54, 1.807) is 19.1 Å². The van der Waals surface area contributed by atoms with Gasteiger partial charge in [-0.3, -0.25) is 9.63 Å². The number of aliphatic hydroxyl groups is 1. The highest BCUT2D eigenvalue weighted by Gasteiger charge is 2.16. The minimum atomic E-state index is -1.31. The predicted molar refractivity (Wildman–Crippen MR) is 78.7 cm³/mol. The summed E-state index contributed by atoms with van der Waals surface area (Å²) < 4.78 is 39.3. The highest BCUT2D eigenvalue weighted by atomic mass is 19.2. The average Bonchev–Trinajstić information content (AvgIpc) is 2.49. The first kappa shape index (κ1) is 18.9. The van der Waals surface area contributed by atoms with E-state index < -0.39 is 29.5 Å². The van der Waals surface area contributed by atoms with Crippen LogP contribution in [0.15, 0.2) is 36.4 Å². The Labute approximate surface area is 132 Å². The summed E-state index contributed by atoms with van der Waals surface area (Å²) in [5.41, 5.74) is 2.66. The zero-order valence-corrected chi connectivity index (χ0v) is 12.6. The van der Waals surface area contributed by atoms with E-state index in [0.717, 1.165) is 5.57 Å². The van der Waals surface area contributed by atoms with E-state index in [0.29, 0.717) is 12.1 Å². The van der Waals surface area contributed by atoms with Crippen molar-refractivity contribution in [2.75, 3.05) is 6.61 Å². The monoisotopic (exact) mass is 329 g/mol. The number of hydrogen-bond acceptors (Lipinski definition) is 3. The summed E-state index contributed by atoms with van der Waals surface area (Å²) in [5, 5.41) is 9.73. The Morgan fingerprint density at radius 1 is 1.35 bits per heavy atom. The molecule has 0 radical (unpaired) electrons. The van der Waals surface area contributed by atoms with Crippen LogP contribution in [-0.4, -0.2) is 23.7 Å². The van der Waals surface area contributed by atoms with E-state index in [1.165, 1.54) is 0 Å². The van der Waals surface area contributed by atoms with Crippen LogP contribution in [0, 0.1) is 17.5 Å². The van der Waals surface area contributed by atoms with Crippen LogP contribution in [-0.2, 0) is 16.1 Å². The van der Waals surface area contributed by atoms with Crippen molar-refractivity contribution in [3.05, 3.63) is 59.5 Å². The molecule has 0 spiro atoms. The third-order valence-electron chi connectivity index (χ3n) is 3.02. The standard InChI is InChI=1S/C16H18F3NO3/c1-3-10(4-2)9-23-20-16(22)7-12(21)5-11-6-14(18)15(19)8-13(11)17/h3-4,6,8,12,21H,1,5,7,9H2,2H3,(H,20,22)/b10-4+/t12-/m0/s1. The molecule has 0 heterocycles. The first-order valence-corrected chi connectivity index (χ1v) is 6.87. The molecule has 0 aliphatic rings. The molecule has 23 heavy (non-hydrogen) atoms. The molecule has 4 nitrogen and oxygen atoms in total. The van der Waals surface area contributed by atoms with E-state index in [2.05, 4.69) is 12.1 Å². The number of benzene rings is 1. The van der Waals surface area contributed by atoms with Crippen LogP contribution in [0.25, 0.3) is 0 Å². The van der Waals surface area contributed by atoms with Gasteiger partial charge in [0, 0.05) is 12.5 Å². The molecule has 1 aromatic rings. The zero-order valence-electron chi connectivity index (χ0n) is 12.6. The number of hydrogen-bond donors (Lipinski definition) is 2. The normalized spacial score (nSPS) is 12.8. The Hall–Kier alpha value is -2.12. The number of hydroxylamine groups is 1. The molecule has 126 valence electrons. The smallest absolute Gasteiger partial charge is 0.246 e. The topological polar surface area (TPSA) is 58.6 Å². The molecule has 0 aliphatic carbocycles. The van der Waals surface area contributed by atoms with Crippen molar-refractivity contribution in [1.29, 1.82) is 0 Å². The van der Waals surface area contributed by atoms with E-state index in [-0.39, 0.29) is 25.0 Å². The molecule has 2 N–H and O–H groups in total. The Morgan fingerprint density at radius 2 is 2.00 bits per heavy atom. The lowest BCUT2D eigenvalue weighted by atomic mass is 10.0. The molecular weight excluding hydrogens is 311 g/mol. The number of amides is 1. The second kappa shape index (κ2) is 9.12. The fraction of sp³-hybridized carbons (Fsp3) is 0.312. The van der Waals surface area contributed by atoms with Gasteiger partial charge in [0.15, 0.2) is 11.6 Å². The number of allylic oxidation sites excluding steroid dienone is 1. The maximum atomic E-state index is 13.4. The molecule has 0 saturated heterocycles. The summed E-state index contributed by atoms with van der Waals surface area (Å²) in [6.45, 7) is 5.44. The van der Waals surface area contributed by atoms with Crippen molar-refractivity contribution in [3.63, 3.8) is 0 Å². The maximum absolute atomic E-state index is 13.4. The molecule has 0 unspecified atom stereocenters. The van der Waals surface area contributed by atoms with Crippen LogP contribution >= 0.6 is 0 Å². The predicted octanol–water partition coefficient (Wildman–Crippen LogP) is 2.58. The SMILES string of the molecule is C=C/C(=C\C)CONC(=O)C[C@@H](O)Cc1cc(F)c(F)cc1F. The van der Waals surface area contributed by atoms with Gasteiger partial charge in [0.05, 0.1) is 19.1 Å². The van der Waals surface area contributed by atoms with Crippen LogP contribution in [0.2, 0.25) is 0 Å². The van der Waals surface area contributed by atoms with Crippen molar-refractivity contribution in [2.45, 2.75) is 25.9 Å². The summed E-state index contributed by atoms with van der Waals surface area (Å²) in [6.07, 6.45) is 1.34. The summed E-state index contributed by atoms with van der Waals surface area (Å²) in [7, 11) is 0. The summed E-state index contributed by atoms with van der Waals surface area (Å²) in [6, 6.07) is 1.05. The fourth-order valence-electron chi connectivity index (χ4n) is 1.76. The number of halogens is 3. The molecule has 0 bridgehead atoms. The number of nitrogens with one attached hydrogen (secondary N) is 1. The van der Waals surface area contributed by atoms with Crippen LogP contribution in [0.3, 0.4) is 0 Å². The van der Waals surface area contributed by atoms with Gasteiger partial charge in [0.2, 0.25) is 5.91 Å². The lowest BCUT2D eigenvalue weighted by Gasteiger charge is -2.12. The molecule has 1 amide bonds. The molecule has 1 atom stereocenters. The molecule has 0 fully saturated rings. The fourth-order valence-corrected chi connectivity index (χ4v) is 1.76. The molecule has 1 aromatic carbocycles. The van der Waals surface area contributed by atoms with Gasteiger partial charge in [-0.2, -0.15) is 0 Å². The number of carbonyl (C=O) groups is 1. The molecule has 1 rings (SSSR count). The number of carbonyl (C=O) groups excluding carboxylic acids is 1. The quantitative estimate of drug-likeness (QED) is 0.438. The molecule has 7 heteroatoms. The third kappa shape index (κ3) is 6.25. The molecule has 0 saturated carbocycles. The highest BCUT2D eigenvalue weighted by molar-refractivity contribution is 5.75. The molecule has 0 aliphatic heterocycles. The van der Waals surface area contributed by atoms with Crippen molar-refractivity contribution in [3.8, 4) is 0 Å². The number of rotatable bonds is 8. The van der Waals surface area contributed by atoms with Crippen LogP contribution in [0.5, 0.6) is 0 Å². The van der Waals surface area contributed by atoms with Gasteiger partial charge >= 0.3 is 0 Å². The van der Waals surface area contributed by atoms with Crippen LogP contribution in [0.1, 0.15) is 18.9 Å². The van der Waals surface area contributed by atoms with E-state index in [4.69, 9.17) is 4.84 Å². The van der Waals surface area contributed by atoms with Gasteiger partial charge in [-0.15, -0.1) is 0 Å². The highest BCUT2D eigenvalue weighted by Crippen LogP contribution is 2.16. The van der Waals surface area contributed by atoms with Gasteiger partial charge in [-0.05, 0) is 24.1 Å². The largest absolute Gasteiger partial charge is 0.392 e. The number of aliphatic hydroxyl groups excluding tert-OH is 1. The molecule has 0 aromatic heterocycles. The summed E-state index contributed by atoms with van der Waals surface area (Å²) in [4.78, 5) is 16.5. The minimum absolute atomic E-state index is 0.111. The van der Waals surface area contributed by atoms with E-state index in [1.807, 2.05) is 0 Å². The van der Waals surface area contributed by atoms with Gasteiger partial charge in [0.25, 0.3) is 0 Å². The second-order valence-corrected chi connectivity index (χ2v) is 4.80. The Bertz CT molecular complexity index is 602. The van der Waals surface area contributed by atoms with Crippen LogP contribution in [0.4, 0.5) is 13.2 Å². The van der Waals surface area contributed by atoms with Crippen molar-refractivity contribution in [1.82, 2.24) is 5.48 Å². The lowest BCUT2D eigenvalue weighted by molar-refractivity contribution is -0.134. The Morgan fingerprint density at radius 3 is 2.61 bits per heavy atom. The maximum Gasteiger partial charge on any atom is 0.246 e. The Balaban J connectivity index is 2.47. The van der Waals surface area contributed by atoms with Gasteiger partial charge < -0.3 is 5.11 Å². The van der Waals surface area contributed by atoms with Crippen molar-refractivity contribution in [2.24, 2.45) is 0 Å². The average molecular weight is 329 g/mol.